The van der Waals surface area contributed by atoms with E-state index in [1.807, 2.05) is 0 Å². The van der Waals surface area contributed by atoms with Crippen molar-refractivity contribution in [3.8, 4) is 0 Å². The summed E-state index contributed by atoms with van der Waals surface area (Å²) in [6.07, 6.45) is 7.07. The molecule has 104 valence electrons. The van der Waals surface area contributed by atoms with Gasteiger partial charge in [0.05, 0.1) is 18.4 Å². The van der Waals surface area contributed by atoms with E-state index < -0.39 is 0 Å². The van der Waals surface area contributed by atoms with Gasteiger partial charge in [-0.05, 0) is 18.3 Å². The summed E-state index contributed by atoms with van der Waals surface area (Å²) in [5.41, 5.74) is 0.358. The number of aromatic nitrogens is 2. The lowest BCUT2D eigenvalue weighted by molar-refractivity contribution is 0.439. The van der Waals surface area contributed by atoms with Crippen molar-refractivity contribution in [2.75, 3.05) is 11.9 Å². The molecule has 0 aliphatic heterocycles. The van der Waals surface area contributed by atoms with Crippen LogP contribution in [0.4, 0.5) is 5.69 Å². The minimum absolute atomic E-state index is 0.211. The van der Waals surface area contributed by atoms with Crippen LogP contribution in [0, 0.1) is 11.8 Å². The highest BCUT2D eigenvalue weighted by Crippen LogP contribution is 2.31. The lowest BCUT2D eigenvalue weighted by Crippen LogP contribution is -2.25. The molecular formula is C14H20ClN3O. The van der Waals surface area contributed by atoms with Crippen LogP contribution in [0.25, 0.3) is 0 Å². The van der Waals surface area contributed by atoms with Crippen LogP contribution < -0.4 is 10.9 Å². The Morgan fingerprint density at radius 2 is 2.42 bits per heavy atom. The Bertz CT molecular complexity index is 512. The third-order valence-electron chi connectivity index (χ3n) is 3.88. The van der Waals surface area contributed by atoms with E-state index in [-0.39, 0.29) is 10.6 Å². The number of halogens is 1. The van der Waals surface area contributed by atoms with Gasteiger partial charge in [0, 0.05) is 6.54 Å². The summed E-state index contributed by atoms with van der Waals surface area (Å²) in [6, 6.07) is 0. The molecule has 1 saturated carbocycles. The molecule has 0 aromatic carbocycles. The normalized spacial score (nSPS) is 22.4. The molecule has 1 fully saturated rings. The van der Waals surface area contributed by atoms with Gasteiger partial charge in [-0.25, -0.2) is 4.68 Å². The molecule has 19 heavy (non-hydrogen) atoms. The number of hydrogen-bond acceptors (Lipinski definition) is 3. The molecule has 1 heterocycles. The molecule has 1 aromatic heterocycles. The zero-order chi connectivity index (χ0) is 13.8. The molecule has 0 saturated heterocycles. The third kappa shape index (κ3) is 3.18. The van der Waals surface area contributed by atoms with Gasteiger partial charge < -0.3 is 5.32 Å². The zero-order valence-electron chi connectivity index (χ0n) is 11.2. The Hall–Kier alpha value is -1.29. The quantitative estimate of drug-likeness (QED) is 0.844. The van der Waals surface area contributed by atoms with Gasteiger partial charge in [-0.3, -0.25) is 4.79 Å². The summed E-state index contributed by atoms with van der Waals surface area (Å²) in [7, 11) is 0. The van der Waals surface area contributed by atoms with E-state index in [1.54, 1.807) is 12.3 Å². The van der Waals surface area contributed by atoms with Gasteiger partial charge >= 0.3 is 0 Å². The highest BCUT2D eigenvalue weighted by atomic mass is 35.5. The third-order valence-corrected chi connectivity index (χ3v) is 4.25. The van der Waals surface area contributed by atoms with Crippen LogP contribution in [-0.4, -0.2) is 16.3 Å². The number of allylic oxidation sites excluding steroid dienone is 1. The molecular weight excluding hydrogens is 262 g/mol. The molecule has 1 aliphatic rings. The first-order valence-corrected chi connectivity index (χ1v) is 7.11. The molecule has 0 spiro atoms. The number of nitrogens with zero attached hydrogens (tertiary/aromatic N) is 2. The highest BCUT2D eigenvalue weighted by molar-refractivity contribution is 6.32. The fourth-order valence-corrected chi connectivity index (χ4v) is 2.82. The van der Waals surface area contributed by atoms with Crippen molar-refractivity contribution in [3.05, 3.63) is 34.2 Å². The van der Waals surface area contributed by atoms with E-state index in [0.29, 0.717) is 18.2 Å². The monoisotopic (exact) mass is 281 g/mol. The highest BCUT2D eigenvalue weighted by Gasteiger charge is 2.23. The molecule has 4 nitrogen and oxygen atoms in total. The Morgan fingerprint density at radius 1 is 1.63 bits per heavy atom. The van der Waals surface area contributed by atoms with Crippen molar-refractivity contribution in [3.63, 3.8) is 0 Å². The summed E-state index contributed by atoms with van der Waals surface area (Å²) in [4.78, 5) is 11.9. The molecule has 2 rings (SSSR count). The van der Waals surface area contributed by atoms with E-state index in [4.69, 9.17) is 11.6 Å². The smallest absolute Gasteiger partial charge is 0.287 e. The van der Waals surface area contributed by atoms with Gasteiger partial charge in [-0.2, -0.15) is 5.10 Å². The van der Waals surface area contributed by atoms with Crippen LogP contribution in [0.5, 0.6) is 0 Å². The van der Waals surface area contributed by atoms with Crippen LogP contribution >= 0.6 is 11.6 Å². The largest absolute Gasteiger partial charge is 0.382 e. The van der Waals surface area contributed by atoms with Gasteiger partial charge in [-0.1, -0.05) is 37.4 Å². The first-order valence-electron chi connectivity index (χ1n) is 6.74. The fraction of sp³-hybridized carbons (Fsp3) is 0.571. The molecule has 2 atom stereocenters. The fourth-order valence-electron chi connectivity index (χ4n) is 2.61. The van der Waals surface area contributed by atoms with Gasteiger partial charge in [-0.15, -0.1) is 6.58 Å². The second kappa shape index (κ2) is 6.24. The van der Waals surface area contributed by atoms with Crippen molar-refractivity contribution >= 4 is 17.3 Å². The molecule has 0 amide bonds. The number of rotatable bonds is 5. The van der Waals surface area contributed by atoms with Crippen molar-refractivity contribution in [1.29, 1.82) is 0 Å². The van der Waals surface area contributed by atoms with E-state index in [1.165, 1.54) is 23.9 Å². The maximum Gasteiger partial charge on any atom is 0.287 e. The number of anilines is 1. The Labute approximate surface area is 118 Å². The van der Waals surface area contributed by atoms with Crippen LogP contribution in [0.3, 0.4) is 0 Å². The Morgan fingerprint density at radius 3 is 3.05 bits per heavy atom. The van der Waals surface area contributed by atoms with E-state index in [0.717, 1.165) is 12.5 Å². The minimum atomic E-state index is -0.272. The maximum atomic E-state index is 11.9. The van der Waals surface area contributed by atoms with Gasteiger partial charge in [0.25, 0.3) is 5.56 Å². The standard InChI is InChI=1S/C14H20ClN3O/c1-3-7-18-14(19)13(15)12(9-17-18)16-8-11-6-4-5-10(11)2/h3,9-11,16H,1,4-8H2,2H3. The molecule has 0 radical (unpaired) electrons. The van der Waals surface area contributed by atoms with Gasteiger partial charge in [0.15, 0.2) is 0 Å². The van der Waals surface area contributed by atoms with Crippen molar-refractivity contribution in [2.45, 2.75) is 32.7 Å². The van der Waals surface area contributed by atoms with Crippen LogP contribution in [0.1, 0.15) is 26.2 Å². The zero-order valence-corrected chi connectivity index (χ0v) is 12.0. The van der Waals surface area contributed by atoms with Gasteiger partial charge in [0.1, 0.15) is 5.02 Å². The SMILES string of the molecule is C=CCn1ncc(NCC2CCCC2C)c(Cl)c1=O. The first kappa shape index (κ1) is 14.1. The predicted octanol–water partition coefficient (Wildman–Crippen LogP) is 2.93. The van der Waals surface area contributed by atoms with Crippen molar-refractivity contribution < 1.29 is 0 Å². The van der Waals surface area contributed by atoms with Crippen LogP contribution in [-0.2, 0) is 6.54 Å². The first-order chi connectivity index (χ1) is 9.13. The Balaban J connectivity index is 2.06. The van der Waals surface area contributed by atoms with Crippen LogP contribution in [0.2, 0.25) is 5.02 Å². The molecule has 1 N–H and O–H groups in total. The molecule has 1 aromatic rings. The number of nitrogens with one attached hydrogen (secondary N) is 1. The van der Waals surface area contributed by atoms with E-state index >= 15 is 0 Å². The lowest BCUT2D eigenvalue weighted by Gasteiger charge is -2.17. The lowest BCUT2D eigenvalue weighted by atomic mass is 9.98. The van der Waals surface area contributed by atoms with Crippen molar-refractivity contribution in [2.24, 2.45) is 11.8 Å². The van der Waals surface area contributed by atoms with E-state index in [9.17, 15) is 4.79 Å². The molecule has 5 heteroatoms. The molecule has 0 bridgehead atoms. The predicted molar refractivity (Wildman–Crippen MR) is 78.7 cm³/mol. The van der Waals surface area contributed by atoms with Crippen molar-refractivity contribution in [1.82, 2.24) is 9.78 Å². The molecule has 2 unspecified atom stereocenters. The topological polar surface area (TPSA) is 46.9 Å². The number of hydrogen-bond donors (Lipinski definition) is 1. The second-order valence-electron chi connectivity index (χ2n) is 5.20. The average Bonchev–Trinajstić information content (AvgIpc) is 2.80. The summed E-state index contributed by atoms with van der Waals surface area (Å²) >= 11 is 6.09. The molecule has 1 aliphatic carbocycles. The summed E-state index contributed by atoms with van der Waals surface area (Å²) in [5, 5.41) is 7.55. The summed E-state index contributed by atoms with van der Waals surface area (Å²) in [6.45, 7) is 7.09. The summed E-state index contributed by atoms with van der Waals surface area (Å²) in [5.74, 6) is 1.40. The maximum absolute atomic E-state index is 11.9. The Kier molecular flexibility index (Phi) is 4.64. The minimum Gasteiger partial charge on any atom is -0.382 e. The summed E-state index contributed by atoms with van der Waals surface area (Å²) < 4.78 is 1.30. The average molecular weight is 282 g/mol. The van der Waals surface area contributed by atoms with E-state index in [2.05, 4.69) is 23.9 Å². The van der Waals surface area contributed by atoms with Gasteiger partial charge in [0.2, 0.25) is 0 Å². The second-order valence-corrected chi connectivity index (χ2v) is 5.58. The van der Waals surface area contributed by atoms with Crippen LogP contribution in [0.15, 0.2) is 23.6 Å².